The highest BCUT2D eigenvalue weighted by atomic mass is 16.6. The van der Waals surface area contributed by atoms with Crippen LogP contribution >= 0.6 is 0 Å². The Labute approximate surface area is 183 Å². The van der Waals surface area contributed by atoms with Crippen molar-refractivity contribution in [3.63, 3.8) is 0 Å². The Morgan fingerprint density at radius 2 is 1.65 bits per heavy atom. The van der Waals surface area contributed by atoms with E-state index in [1.165, 1.54) is 12.0 Å². The zero-order valence-corrected chi connectivity index (χ0v) is 19.1. The van der Waals surface area contributed by atoms with E-state index in [1.807, 2.05) is 26.0 Å². The molecule has 0 fully saturated rings. The lowest BCUT2D eigenvalue weighted by molar-refractivity contribution is -0.143. The number of nitrogens with one attached hydrogen (secondary N) is 2. The van der Waals surface area contributed by atoms with Gasteiger partial charge in [-0.05, 0) is 39.7 Å². The lowest BCUT2D eigenvalue weighted by atomic mass is 10.0. The zero-order valence-electron chi connectivity index (χ0n) is 19.1. The number of hydrogen-bond acceptors (Lipinski definition) is 6. The Kier molecular flexibility index (Phi) is 9.98. The molecule has 0 saturated heterocycles. The smallest absolute Gasteiger partial charge is 0.408 e. The normalized spacial score (nSPS) is 11.8. The highest BCUT2D eigenvalue weighted by Crippen LogP contribution is 2.22. The highest BCUT2D eigenvalue weighted by molar-refractivity contribution is 5.91. The number of hydrogen-bond donors (Lipinski definition) is 2. The minimum absolute atomic E-state index is 0.277. The third kappa shape index (κ3) is 9.06. The molecule has 0 heterocycles. The van der Waals surface area contributed by atoms with Crippen molar-refractivity contribution < 1.29 is 28.7 Å². The number of nitrogens with zero attached hydrogens (tertiary/aromatic N) is 1. The van der Waals surface area contributed by atoms with E-state index in [1.54, 1.807) is 32.9 Å². The molecular weight excluding hydrogens is 402 g/mol. The van der Waals surface area contributed by atoms with E-state index in [0.717, 1.165) is 5.56 Å². The van der Waals surface area contributed by atoms with Gasteiger partial charge in [-0.15, -0.1) is 0 Å². The van der Waals surface area contributed by atoms with Gasteiger partial charge in [-0.2, -0.15) is 0 Å². The van der Waals surface area contributed by atoms with E-state index in [-0.39, 0.29) is 19.6 Å². The van der Waals surface area contributed by atoms with Crippen molar-refractivity contribution in [2.75, 3.05) is 26.7 Å². The molecule has 0 saturated carbocycles. The standard InChI is InChI=1S/C22H33N3O6/c1-7-12-25(17(26)13-24-21(29)31-22(3,4)5)19(16-10-8-15(2)9-11-16)20(28)23-14-18(27)30-6/h8-11,19H,7,12-14H2,1-6H3,(H,23,28)(H,24,29). The second kappa shape index (κ2) is 11.9. The first kappa shape index (κ1) is 25.9. The Morgan fingerprint density at radius 3 is 2.16 bits per heavy atom. The number of carbonyl (C=O) groups excluding carboxylic acids is 4. The average molecular weight is 436 g/mol. The summed E-state index contributed by atoms with van der Waals surface area (Å²) >= 11 is 0. The number of carbonyl (C=O) groups is 4. The van der Waals surface area contributed by atoms with Crippen LogP contribution in [0.3, 0.4) is 0 Å². The quantitative estimate of drug-likeness (QED) is 0.574. The van der Waals surface area contributed by atoms with Crippen LogP contribution in [0.15, 0.2) is 24.3 Å². The fourth-order valence-corrected chi connectivity index (χ4v) is 2.75. The molecule has 0 aromatic heterocycles. The van der Waals surface area contributed by atoms with E-state index in [4.69, 9.17) is 4.74 Å². The molecular formula is C22H33N3O6. The van der Waals surface area contributed by atoms with E-state index >= 15 is 0 Å². The third-order valence-electron chi connectivity index (χ3n) is 4.16. The second-order valence-electron chi connectivity index (χ2n) is 8.05. The molecule has 0 aliphatic heterocycles. The molecule has 2 N–H and O–H groups in total. The molecule has 0 aliphatic carbocycles. The topological polar surface area (TPSA) is 114 Å². The molecule has 1 aromatic rings. The lowest BCUT2D eigenvalue weighted by Gasteiger charge is -2.31. The average Bonchev–Trinajstić information content (AvgIpc) is 2.69. The number of alkyl carbamates (subject to hydrolysis) is 1. The van der Waals surface area contributed by atoms with Gasteiger partial charge in [0.25, 0.3) is 0 Å². The molecule has 31 heavy (non-hydrogen) atoms. The Hall–Kier alpha value is -3.10. The number of rotatable bonds is 9. The molecule has 1 atom stereocenters. The van der Waals surface area contributed by atoms with Gasteiger partial charge in [0.1, 0.15) is 24.7 Å². The summed E-state index contributed by atoms with van der Waals surface area (Å²) in [6.45, 7) is 8.57. The number of ether oxygens (including phenoxy) is 2. The number of esters is 1. The van der Waals surface area contributed by atoms with Crippen LogP contribution in [0.25, 0.3) is 0 Å². The van der Waals surface area contributed by atoms with E-state index < -0.39 is 35.5 Å². The fraction of sp³-hybridized carbons (Fsp3) is 0.545. The Balaban J connectivity index is 3.09. The first-order valence-corrected chi connectivity index (χ1v) is 10.2. The molecule has 9 nitrogen and oxygen atoms in total. The summed E-state index contributed by atoms with van der Waals surface area (Å²) in [7, 11) is 1.22. The summed E-state index contributed by atoms with van der Waals surface area (Å²) in [6.07, 6.45) is -0.135. The van der Waals surface area contributed by atoms with Crippen LogP contribution in [0.1, 0.15) is 51.3 Å². The van der Waals surface area contributed by atoms with Gasteiger partial charge in [-0.25, -0.2) is 4.79 Å². The molecule has 1 rings (SSSR count). The van der Waals surface area contributed by atoms with Gasteiger partial charge in [0.15, 0.2) is 0 Å². The van der Waals surface area contributed by atoms with Gasteiger partial charge in [-0.3, -0.25) is 14.4 Å². The van der Waals surface area contributed by atoms with Crippen LogP contribution in [0, 0.1) is 6.92 Å². The van der Waals surface area contributed by atoms with Crippen LogP contribution in [-0.4, -0.2) is 61.1 Å². The number of methoxy groups -OCH3 is 1. The number of amides is 3. The summed E-state index contributed by atoms with van der Waals surface area (Å²) in [6, 6.07) is 6.22. The minimum atomic E-state index is -0.974. The Morgan fingerprint density at radius 1 is 1.03 bits per heavy atom. The first-order chi connectivity index (χ1) is 14.5. The summed E-state index contributed by atoms with van der Waals surface area (Å²) in [5.41, 5.74) is 0.888. The van der Waals surface area contributed by atoms with Crippen LogP contribution in [-0.2, 0) is 23.9 Å². The van der Waals surface area contributed by atoms with E-state index in [0.29, 0.717) is 12.0 Å². The van der Waals surface area contributed by atoms with Crippen molar-refractivity contribution in [1.29, 1.82) is 0 Å². The van der Waals surface area contributed by atoms with Gasteiger partial charge >= 0.3 is 12.1 Å². The van der Waals surface area contributed by atoms with Gasteiger partial charge in [-0.1, -0.05) is 36.8 Å². The van der Waals surface area contributed by atoms with Gasteiger partial charge < -0.3 is 25.0 Å². The predicted molar refractivity (Wildman–Crippen MR) is 115 cm³/mol. The van der Waals surface area contributed by atoms with Crippen LogP contribution in [0.2, 0.25) is 0 Å². The molecule has 0 radical (unpaired) electrons. The van der Waals surface area contributed by atoms with Gasteiger partial charge in [0, 0.05) is 6.54 Å². The minimum Gasteiger partial charge on any atom is -0.468 e. The predicted octanol–water partition coefficient (Wildman–Crippen LogP) is 2.09. The summed E-state index contributed by atoms with van der Waals surface area (Å²) in [5, 5.41) is 4.95. The molecule has 0 aliphatic rings. The van der Waals surface area contributed by atoms with Crippen LogP contribution in [0.5, 0.6) is 0 Å². The molecule has 172 valence electrons. The molecule has 0 bridgehead atoms. The maximum atomic E-state index is 13.0. The molecule has 0 spiro atoms. The highest BCUT2D eigenvalue weighted by Gasteiger charge is 2.31. The maximum absolute atomic E-state index is 13.0. The third-order valence-corrected chi connectivity index (χ3v) is 4.16. The van der Waals surface area contributed by atoms with Crippen LogP contribution < -0.4 is 10.6 Å². The monoisotopic (exact) mass is 435 g/mol. The van der Waals surface area contributed by atoms with Crippen molar-refractivity contribution in [3.8, 4) is 0 Å². The van der Waals surface area contributed by atoms with Crippen molar-refractivity contribution in [1.82, 2.24) is 15.5 Å². The van der Waals surface area contributed by atoms with E-state index in [9.17, 15) is 19.2 Å². The first-order valence-electron chi connectivity index (χ1n) is 10.2. The fourth-order valence-electron chi connectivity index (χ4n) is 2.75. The van der Waals surface area contributed by atoms with Crippen molar-refractivity contribution in [2.45, 2.75) is 52.7 Å². The summed E-state index contributed by atoms with van der Waals surface area (Å²) in [4.78, 5) is 50.7. The number of benzene rings is 1. The molecule has 1 aromatic carbocycles. The molecule has 3 amide bonds. The van der Waals surface area contributed by atoms with Crippen molar-refractivity contribution >= 4 is 23.9 Å². The van der Waals surface area contributed by atoms with Crippen molar-refractivity contribution in [2.24, 2.45) is 0 Å². The number of aryl methyl sites for hydroxylation is 1. The lowest BCUT2D eigenvalue weighted by Crippen LogP contribution is -2.48. The largest absolute Gasteiger partial charge is 0.468 e. The van der Waals surface area contributed by atoms with E-state index in [2.05, 4.69) is 15.4 Å². The summed E-state index contributed by atoms with van der Waals surface area (Å²) < 4.78 is 9.73. The SMILES string of the molecule is CCCN(C(=O)CNC(=O)OC(C)(C)C)C(C(=O)NCC(=O)OC)c1ccc(C)cc1. The van der Waals surface area contributed by atoms with Crippen LogP contribution in [0.4, 0.5) is 4.79 Å². The van der Waals surface area contributed by atoms with Crippen molar-refractivity contribution in [3.05, 3.63) is 35.4 Å². The zero-order chi connectivity index (χ0) is 23.6. The second-order valence-corrected chi connectivity index (χ2v) is 8.05. The molecule has 1 unspecified atom stereocenters. The Bertz CT molecular complexity index is 770. The maximum Gasteiger partial charge on any atom is 0.408 e. The summed E-state index contributed by atoms with van der Waals surface area (Å²) in [5.74, 6) is -1.57. The van der Waals surface area contributed by atoms with Gasteiger partial charge in [0.2, 0.25) is 11.8 Å². The van der Waals surface area contributed by atoms with Gasteiger partial charge in [0.05, 0.1) is 7.11 Å². The molecule has 9 heteroatoms.